The van der Waals surface area contributed by atoms with Crippen LogP contribution < -0.4 is 5.32 Å². The molecule has 0 radical (unpaired) electrons. The number of rotatable bonds is 3. The molecule has 82 valence electrons. The van der Waals surface area contributed by atoms with Crippen LogP contribution in [0.4, 0.5) is 0 Å². The van der Waals surface area contributed by atoms with Crippen LogP contribution in [-0.2, 0) is 11.2 Å². The van der Waals surface area contributed by atoms with Gasteiger partial charge in [-0.3, -0.25) is 0 Å². The molecule has 2 heterocycles. The summed E-state index contributed by atoms with van der Waals surface area (Å²) in [7, 11) is 1.38. The van der Waals surface area contributed by atoms with E-state index in [1.807, 2.05) is 0 Å². The Bertz CT molecular complexity index is 366. The normalized spacial score (nSPS) is 16.1. The molecule has 0 atom stereocenters. The Labute approximate surface area is 88.6 Å². The second-order valence-corrected chi connectivity index (χ2v) is 3.90. The minimum atomic E-state index is -0.325. The summed E-state index contributed by atoms with van der Waals surface area (Å²) in [6.07, 6.45) is 0.894. The van der Waals surface area contributed by atoms with Crippen molar-refractivity contribution in [3.8, 4) is 0 Å². The van der Waals surface area contributed by atoms with Gasteiger partial charge in [0.2, 0.25) is 0 Å². The maximum Gasteiger partial charge on any atom is 0.341 e. The lowest BCUT2D eigenvalue weighted by Gasteiger charge is -2.25. The number of nitrogens with one attached hydrogen (secondary N) is 1. The van der Waals surface area contributed by atoms with Crippen LogP contribution in [0.25, 0.3) is 0 Å². The average Bonchev–Trinajstić information content (AvgIpc) is 2.52. The molecule has 0 aliphatic carbocycles. The van der Waals surface area contributed by atoms with Gasteiger partial charge in [0.15, 0.2) is 0 Å². The first-order valence-corrected chi connectivity index (χ1v) is 5.09. The highest BCUT2D eigenvalue weighted by atomic mass is 16.5. The molecule has 15 heavy (non-hydrogen) atoms. The van der Waals surface area contributed by atoms with Gasteiger partial charge in [-0.15, -0.1) is 0 Å². The molecule has 4 nitrogen and oxygen atoms in total. The zero-order chi connectivity index (χ0) is 10.8. The summed E-state index contributed by atoms with van der Waals surface area (Å²) in [5, 5.41) is 3.20. The summed E-state index contributed by atoms with van der Waals surface area (Å²) >= 11 is 0. The Morgan fingerprint density at radius 1 is 1.67 bits per heavy atom. The van der Waals surface area contributed by atoms with Crippen LogP contribution in [0.2, 0.25) is 0 Å². The lowest BCUT2D eigenvalue weighted by atomic mass is 9.98. The third-order valence-corrected chi connectivity index (χ3v) is 2.73. The number of esters is 1. The van der Waals surface area contributed by atoms with E-state index in [4.69, 9.17) is 4.42 Å². The summed E-state index contributed by atoms with van der Waals surface area (Å²) in [5.41, 5.74) is 0.541. The molecule has 0 bridgehead atoms. The lowest BCUT2D eigenvalue weighted by Crippen LogP contribution is -2.42. The zero-order valence-electron chi connectivity index (χ0n) is 9.00. The van der Waals surface area contributed by atoms with Gasteiger partial charge in [-0.2, -0.15) is 0 Å². The van der Waals surface area contributed by atoms with Gasteiger partial charge in [0, 0.05) is 6.42 Å². The first kappa shape index (κ1) is 10.2. The Kier molecular flexibility index (Phi) is 2.77. The fourth-order valence-electron chi connectivity index (χ4n) is 1.73. The van der Waals surface area contributed by atoms with Gasteiger partial charge in [-0.25, -0.2) is 4.79 Å². The average molecular weight is 209 g/mol. The van der Waals surface area contributed by atoms with E-state index < -0.39 is 0 Å². The molecule has 1 aromatic rings. The molecule has 1 aliphatic heterocycles. The second-order valence-electron chi connectivity index (χ2n) is 3.90. The van der Waals surface area contributed by atoms with Crippen LogP contribution in [0, 0.1) is 12.8 Å². The molecule has 1 saturated heterocycles. The van der Waals surface area contributed by atoms with E-state index >= 15 is 0 Å². The fourth-order valence-corrected chi connectivity index (χ4v) is 1.73. The van der Waals surface area contributed by atoms with Gasteiger partial charge in [-0.1, -0.05) is 0 Å². The quantitative estimate of drug-likeness (QED) is 0.758. The molecule has 0 aromatic carbocycles. The van der Waals surface area contributed by atoms with Crippen molar-refractivity contribution in [2.24, 2.45) is 5.92 Å². The minimum Gasteiger partial charge on any atom is -0.465 e. The van der Waals surface area contributed by atoms with Crippen molar-refractivity contribution in [1.29, 1.82) is 0 Å². The van der Waals surface area contributed by atoms with Crippen molar-refractivity contribution in [3.63, 3.8) is 0 Å². The van der Waals surface area contributed by atoms with E-state index in [0.29, 0.717) is 17.2 Å². The van der Waals surface area contributed by atoms with Crippen LogP contribution in [0.15, 0.2) is 10.5 Å². The lowest BCUT2D eigenvalue weighted by molar-refractivity contribution is 0.0599. The van der Waals surface area contributed by atoms with Gasteiger partial charge in [-0.05, 0) is 32.0 Å². The summed E-state index contributed by atoms with van der Waals surface area (Å²) in [5.74, 6) is 1.83. The van der Waals surface area contributed by atoms with Gasteiger partial charge >= 0.3 is 5.97 Å². The van der Waals surface area contributed by atoms with Gasteiger partial charge < -0.3 is 14.5 Å². The van der Waals surface area contributed by atoms with E-state index in [0.717, 1.165) is 25.3 Å². The van der Waals surface area contributed by atoms with Crippen molar-refractivity contribution in [2.45, 2.75) is 13.3 Å². The molecule has 0 amide bonds. The largest absolute Gasteiger partial charge is 0.465 e. The third-order valence-electron chi connectivity index (χ3n) is 2.73. The first-order valence-electron chi connectivity index (χ1n) is 5.09. The van der Waals surface area contributed by atoms with Crippen LogP contribution in [-0.4, -0.2) is 26.2 Å². The molecular formula is C11H15NO3. The van der Waals surface area contributed by atoms with Crippen LogP contribution >= 0.6 is 0 Å². The number of aryl methyl sites for hydroxylation is 1. The van der Waals surface area contributed by atoms with E-state index in [9.17, 15) is 4.79 Å². The van der Waals surface area contributed by atoms with Crippen molar-refractivity contribution in [2.75, 3.05) is 20.2 Å². The Morgan fingerprint density at radius 3 is 2.93 bits per heavy atom. The van der Waals surface area contributed by atoms with Crippen molar-refractivity contribution in [1.82, 2.24) is 5.32 Å². The summed E-state index contributed by atoms with van der Waals surface area (Å²) in [6.45, 7) is 3.86. The number of furan rings is 1. The molecule has 1 fully saturated rings. The fraction of sp³-hybridized carbons (Fsp3) is 0.545. The van der Waals surface area contributed by atoms with Crippen LogP contribution in [0.5, 0.6) is 0 Å². The predicted octanol–water partition coefficient (Wildman–Crippen LogP) is 1.14. The smallest absolute Gasteiger partial charge is 0.341 e. The molecule has 2 rings (SSSR count). The van der Waals surface area contributed by atoms with Gasteiger partial charge in [0.1, 0.15) is 17.1 Å². The zero-order valence-corrected chi connectivity index (χ0v) is 9.00. The summed E-state index contributed by atoms with van der Waals surface area (Å²) in [4.78, 5) is 11.3. The summed E-state index contributed by atoms with van der Waals surface area (Å²) in [6, 6.07) is 1.79. The highest BCUT2D eigenvalue weighted by Gasteiger charge is 2.21. The number of methoxy groups -OCH3 is 1. The number of hydrogen-bond acceptors (Lipinski definition) is 4. The molecule has 1 aromatic heterocycles. The van der Waals surface area contributed by atoms with Gasteiger partial charge in [0.05, 0.1) is 7.11 Å². The molecule has 1 aliphatic rings. The molecule has 1 N–H and O–H groups in total. The van der Waals surface area contributed by atoms with Crippen LogP contribution in [0.3, 0.4) is 0 Å². The number of carbonyl (C=O) groups is 1. The molecular weight excluding hydrogens is 194 g/mol. The van der Waals surface area contributed by atoms with Crippen molar-refractivity contribution in [3.05, 3.63) is 23.2 Å². The molecule has 0 unspecified atom stereocenters. The molecule has 4 heteroatoms. The standard InChI is InChI=1S/C11H15NO3/c1-7-10(11(13)14-2)4-9(15-7)3-8-5-12-6-8/h4,8,12H,3,5-6H2,1-2H3. The minimum absolute atomic E-state index is 0.325. The number of ether oxygens (including phenoxy) is 1. The highest BCUT2D eigenvalue weighted by Crippen LogP contribution is 2.19. The van der Waals surface area contributed by atoms with E-state index in [1.165, 1.54) is 7.11 Å². The van der Waals surface area contributed by atoms with Gasteiger partial charge in [0.25, 0.3) is 0 Å². The number of hydrogen-bond donors (Lipinski definition) is 1. The maximum atomic E-state index is 11.3. The van der Waals surface area contributed by atoms with E-state index in [2.05, 4.69) is 10.1 Å². The topological polar surface area (TPSA) is 51.5 Å². The summed E-state index contributed by atoms with van der Waals surface area (Å²) < 4.78 is 10.2. The monoisotopic (exact) mass is 209 g/mol. The second kappa shape index (κ2) is 4.06. The highest BCUT2D eigenvalue weighted by molar-refractivity contribution is 5.90. The first-order chi connectivity index (χ1) is 7.20. The maximum absolute atomic E-state index is 11.3. The van der Waals surface area contributed by atoms with Crippen LogP contribution in [0.1, 0.15) is 21.9 Å². The third kappa shape index (κ3) is 2.04. The molecule has 0 spiro atoms. The Morgan fingerprint density at radius 2 is 2.40 bits per heavy atom. The van der Waals surface area contributed by atoms with Crippen molar-refractivity contribution >= 4 is 5.97 Å². The Hall–Kier alpha value is -1.29. The SMILES string of the molecule is COC(=O)c1cc(CC2CNC2)oc1C. The molecule has 0 saturated carbocycles. The Balaban J connectivity index is 2.09. The van der Waals surface area contributed by atoms with E-state index in [-0.39, 0.29) is 5.97 Å². The predicted molar refractivity (Wildman–Crippen MR) is 54.8 cm³/mol. The number of carbonyl (C=O) groups excluding carboxylic acids is 1. The van der Waals surface area contributed by atoms with Crippen molar-refractivity contribution < 1.29 is 13.9 Å². The van der Waals surface area contributed by atoms with E-state index in [1.54, 1.807) is 13.0 Å².